The third kappa shape index (κ3) is 3.91. The summed E-state index contributed by atoms with van der Waals surface area (Å²) in [7, 11) is 0. The molecule has 4 aromatic rings. The maximum Gasteiger partial charge on any atom is 0.254 e. The number of hydrogen-bond acceptors (Lipinski definition) is 3. The van der Waals surface area contributed by atoms with Gasteiger partial charge in [0.2, 0.25) is 0 Å². The zero-order valence-corrected chi connectivity index (χ0v) is 17.2. The van der Waals surface area contributed by atoms with Gasteiger partial charge in [0.25, 0.3) is 5.91 Å². The lowest BCUT2D eigenvalue weighted by Gasteiger charge is -2.18. The van der Waals surface area contributed by atoms with Crippen molar-refractivity contribution in [2.24, 2.45) is 0 Å². The van der Waals surface area contributed by atoms with Gasteiger partial charge in [0.05, 0.1) is 35.2 Å². The molecular weight excluding hydrogens is 435 g/mol. The van der Waals surface area contributed by atoms with Crippen LogP contribution < -0.4 is 5.32 Å². The predicted molar refractivity (Wildman–Crippen MR) is 113 cm³/mol. The average Bonchev–Trinajstić information content (AvgIpc) is 3.16. The molecular formula is C22H18BrFN4O. The Bertz CT molecular complexity index is 1170. The number of amides is 1. The normalized spacial score (nSPS) is 12.1. The fourth-order valence-electron chi connectivity index (χ4n) is 3.29. The number of rotatable bonds is 5. The highest BCUT2D eigenvalue weighted by Gasteiger charge is 2.18. The number of benzene rings is 2. The van der Waals surface area contributed by atoms with Gasteiger partial charge in [-0.2, -0.15) is 5.10 Å². The van der Waals surface area contributed by atoms with E-state index >= 15 is 0 Å². The van der Waals surface area contributed by atoms with Gasteiger partial charge in [-0.1, -0.05) is 35.0 Å². The molecule has 4 rings (SSSR count). The molecule has 0 saturated carbocycles. The van der Waals surface area contributed by atoms with Crippen molar-refractivity contribution in [2.45, 2.75) is 19.4 Å². The van der Waals surface area contributed by atoms with Crippen LogP contribution in [0.3, 0.4) is 0 Å². The van der Waals surface area contributed by atoms with Crippen molar-refractivity contribution >= 4 is 32.7 Å². The summed E-state index contributed by atoms with van der Waals surface area (Å²) in [6.07, 6.45) is 5.58. The Labute approximate surface area is 175 Å². The van der Waals surface area contributed by atoms with Crippen LogP contribution in [-0.4, -0.2) is 20.7 Å². The van der Waals surface area contributed by atoms with Gasteiger partial charge in [0.15, 0.2) is 0 Å². The van der Waals surface area contributed by atoms with Crippen LogP contribution in [0.1, 0.15) is 35.3 Å². The van der Waals surface area contributed by atoms with Crippen LogP contribution >= 0.6 is 15.9 Å². The monoisotopic (exact) mass is 452 g/mol. The van der Waals surface area contributed by atoms with E-state index in [2.05, 4.69) is 31.3 Å². The molecule has 1 atom stereocenters. The summed E-state index contributed by atoms with van der Waals surface area (Å²) < 4.78 is 15.8. The van der Waals surface area contributed by atoms with Gasteiger partial charge in [-0.25, -0.2) is 9.07 Å². The maximum atomic E-state index is 13.2. The van der Waals surface area contributed by atoms with Crippen LogP contribution in [-0.2, 0) is 0 Å². The highest BCUT2D eigenvalue weighted by molar-refractivity contribution is 9.10. The van der Waals surface area contributed by atoms with Gasteiger partial charge in [-0.05, 0) is 48.4 Å². The molecule has 0 unspecified atom stereocenters. The first kappa shape index (κ1) is 19.3. The zero-order chi connectivity index (χ0) is 20.4. The molecule has 0 aliphatic carbocycles. The molecule has 1 N–H and O–H groups in total. The van der Waals surface area contributed by atoms with E-state index < -0.39 is 0 Å². The van der Waals surface area contributed by atoms with E-state index in [4.69, 9.17) is 0 Å². The van der Waals surface area contributed by atoms with Crippen LogP contribution in [0, 0.1) is 5.82 Å². The summed E-state index contributed by atoms with van der Waals surface area (Å²) in [4.78, 5) is 17.3. The molecule has 0 bridgehead atoms. The van der Waals surface area contributed by atoms with E-state index in [1.54, 1.807) is 35.4 Å². The molecule has 29 heavy (non-hydrogen) atoms. The average molecular weight is 453 g/mol. The first-order valence-electron chi connectivity index (χ1n) is 9.21. The van der Waals surface area contributed by atoms with E-state index in [0.29, 0.717) is 22.2 Å². The largest absolute Gasteiger partial charge is 0.345 e. The van der Waals surface area contributed by atoms with Crippen molar-refractivity contribution in [3.63, 3.8) is 0 Å². The van der Waals surface area contributed by atoms with E-state index in [-0.39, 0.29) is 17.8 Å². The molecule has 0 radical (unpaired) electrons. The number of carbonyl (C=O) groups is 1. The fraction of sp³-hybridized carbons (Fsp3) is 0.136. The molecule has 2 aromatic heterocycles. The van der Waals surface area contributed by atoms with Gasteiger partial charge in [0.1, 0.15) is 5.82 Å². The molecule has 0 saturated heterocycles. The predicted octanol–water partition coefficient (Wildman–Crippen LogP) is 5.20. The molecule has 0 aliphatic heterocycles. The number of nitrogens with one attached hydrogen (secondary N) is 1. The fourth-order valence-corrected chi connectivity index (χ4v) is 3.71. The van der Waals surface area contributed by atoms with Crippen LogP contribution in [0.4, 0.5) is 4.39 Å². The standard InChI is InChI=1S/C22H18BrFN4O/c1-2-20(14-4-3-5-15(23)10-14)27-22(29)19-11-25-13-21-18(19)12-26-28(21)17-8-6-16(24)7-9-17/h3-13,20H,2H2,1H3,(H,27,29)/t20-/m0/s1. The maximum absolute atomic E-state index is 13.2. The van der Waals surface area contributed by atoms with Crippen LogP contribution in [0.2, 0.25) is 0 Å². The van der Waals surface area contributed by atoms with Crippen molar-refractivity contribution in [3.05, 3.63) is 88.5 Å². The van der Waals surface area contributed by atoms with Crippen LogP contribution in [0.15, 0.2) is 71.6 Å². The topological polar surface area (TPSA) is 59.8 Å². The van der Waals surface area contributed by atoms with Gasteiger partial charge in [-0.15, -0.1) is 0 Å². The zero-order valence-electron chi connectivity index (χ0n) is 15.6. The summed E-state index contributed by atoms with van der Waals surface area (Å²) in [5.74, 6) is -0.532. The summed E-state index contributed by atoms with van der Waals surface area (Å²) in [5, 5.41) is 8.15. The number of carbonyl (C=O) groups excluding carboxylic acids is 1. The van der Waals surface area contributed by atoms with Crippen molar-refractivity contribution in [1.29, 1.82) is 0 Å². The summed E-state index contributed by atoms with van der Waals surface area (Å²) in [6, 6.07) is 13.8. The smallest absolute Gasteiger partial charge is 0.254 e. The molecule has 0 fully saturated rings. The molecule has 2 aromatic carbocycles. The van der Waals surface area contributed by atoms with Crippen molar-refractivity contribution in [1.82, 2.24) is 20.1 Å². The van der Waals surface area contributed by atoms with E-state index in [0.717, 1.165) is 16.5 Å². The number of nitrogens with zero attached hydrogens (tertiary/aromatic N) is 3. The second-order valence-electron chi connectivity index (χ2n) is 6.64. The Morgan fingerprint density at radius 3 is 2.69 bits per heavy atom. The van der Waals surface area contributed by atoms with Crippen molar-refractivity contribution in [3.8, 4) is 5.69 Å². The van der Waals surface area contributed by atoms with E-state index in [1.807, 2.05) is 31.2 Å². The van der Waals surface area contributed by atoms with Crippen LogP contribution in [0.5, 0.6) is 0 Å². The Balaban J connectivity index is 1.67. The van der Waals surface area contributed by atoms with Crippen molar-refractivity contribution < 1.29 is 9.18 Å². The third-order valence-corrected chi connectivity index (χ3v) is 5.27. The molecule has 146 valence electrons. The first-order valence-corrected chi connectivity index (χ1v) is 10.00. The number of aromatic nitrogens is 3. The molecule has 5 nitrogen and oxygen atoms in total. The lowest BCUT2D eigenvalue weighted by molar-refractivity contribution is 0.0937. The van der Waals surface area contributed by atoms with Crippen LogP contribution in [0.25, 0.3) is 16.6 Å². The van der Waals surface area contributed by atoms with E-state index in [1.165, 1.54) is 12.1 Å². The second kappa shape index (κ2) is 8.13. The molecule has 0 spiro atoms. The second-order valence-corrected chi connectivity index (χ2v) is 7.56. The summed E-state index contributed by atoms with van der Waals surface area (Å²) in [6.45, 7) is 2.03. The quantitative estimate of drug-likeness (QED) is 0.452. The molecule has 2 heterocycles. The lowest BCUT2D eigenvalue weighted by Crippen LogP contribution is -2.28. The third-order valence-electron chi connectivity index (χ3n) is 4.78. The number of halogens is 2. The van der Waals surface area contributed by atoms with Gasteiger partial charge < -0.3 is 5.32 Å². The van der Waals surface area contributed by atoms with E-state index in [9.17, 15) is 9.18 Å². The summed E-state index contributed by atoms with van der Waals surface area (Å²) >= 11 is 3.48. The molecule has 7 heteroatoms. The molecule has 0 aliphatic rings. The highest BCUT2D eigenvalue weighted by atomic mass is 79.9. The van der Waals surface area contributed by atoms with Gasteiger partial charge >= 0.3 is 0 Å². The molecule has 1 amide bonds. The highest BCUT2D eigenvalue weighted by Crippen LogP contribution is 2.24. The number of pyridine rings is 1. The Morgan fingerprint density at radius 1 is 1.17 bits per heavy atom. The van der Waals surface area contributed by atoms with Gasteiger partial charge in [-0.3, -0.25) is 9.78 Å². The SMILES string of the molecule is CC[C@H](NC(=O)c1cncc2c1cnn2-c1ccc(F)cc1)c1cccc(Br)c1. The lowest BCUT2D eigenvalue weighted by atomic mass is 10.0. The summed E-state index contributed by atoms with van der Waals surface area (Å²) in [5.41, 5.74) is 2.85. The minimum atomic E-state index is -0.318. The minimum Gasteiger partial charge on any atom is -0.345 e. The number of fused-ring (bicyclic) bond motifs is 1. The first-order chi connectivity index (χ1) is 14.1. The number of hydrogen-bond donors (Lipinski definition) is 1. The van der Waals surface area contributed by atoms with Gasteiger partial charge in [0, 0.05) is 16.1 Å². The van der Waals surface area contributed by atoms with Crippen molar-refractivity contribution in [2.75, 3.05) is 0 Å². The Morgan fingerprint density at radius 2 is 1.97 bits per heavy atom. The Hall–Kier alpha value is -3.06. The Kier molecular flexibility index (Phi) is 5.40. The minimum absolute atomic E-state index is 0.123.